The Morgan fingerprint density at radius 3 is 2.08 bits per heavy atom. The van der Waals surface area contributed by atoms with Gasteiger partial charge in [-0.15, -0.1) is 0 Å². The van der Waals surface area contributed by atoms with Crippen LogP contribution in [-0.4, -0.2) is 37.3 Å². The van der Waals surface area contributed by atoms with Gasteiger partial charge in [-0.25, -0.2) is 8.42 Å². The standard InChI is InChI=1S/C27H26Cl4N2O3S/c1-17(25(19-6-10-21(29)11-7-19)13-18-4-8-20(28)9-5-18)32-27(34)26-3-2-12-33(26)37(35,36)24-15-22(30)14-23(31)16-24/h4-11,14-17,25-26H,2-3,12-13H2,1H3,(H,32,34). The molecule has 37 heavy (non-hydrogen) atoms. The largest absolute Gasteiger partial charge is 0.352 e. The number of carbonyl (C=O) groups is 1. The van der Waals surface area contributed by atoms with Gasteiger partial charge in [-0.1, -0.05) is 70.7 Å². The van der Waals surface area contributed by atoms with E-state index in [1.807, 2.05) is 55.5 Å². The molecule has 0 aliphatic carbocycles. The van der Waals surface area contributed by atoms with Crippen molar-refractivity contribution in [2.24, 2.45) is 0 Å². The molecule has 10 heteroatoms. The highest BCUT2D eigenvalue weighted by molar-refractivity contribution is 7.89. The molecular weight excluding hydrogens is 574 g/mol. The molecule has 1 saturated heterocycles. The normalized spacial score (nSPS) is 17.9. The Labute approximate surface area is 237 Å². The minimum atomic E-state index is -3.97. The second-order valence-corrected chi connectivity index (χ2v) is 12.8. The predicted octanol–water partition coefficient (Wildman–Crippen LogP) is 6.98. The van der Waals surface area contributed by atoms with Crippen molar-refractivity contribution in [3.8, 4) is 0 Å². The van der Waals surface area contributed by atoms with E-state index in [0.29, 0.717) is 29.3 Å². The highest BCUT2D eigenvalue weighted by atomic mass is 35.5. The molecule has 0 saturated carbocycles. The Morgan fingerprint density at radius 2 is 1.49 bits per heavy atom. The lowest BCUT2D eigenvalue weighted by atomic mass is 9.86. The summed E-state index contributed by atoms with van der Waals surface area (Å²) in [6.07, 6.45) is 1.65. The number of carbonyl (C=O) groups excluding carboxylic acids is 1. The van der Waals surface area contributed by atoms with E-state index in [4.69, 9.17) is 46.4 Å². The van der Waals surface area contributed by atoms with Gasteiger partial charge in [-0.3, -0.25) is 4.79 Å². The molecule has 3 atom stereocenters. The van der Waals surface area contributed by atoms with Gasteiger partial charge in [0.1, 0.15) is 6.04 Å². The maximum Gasteiger partial charge on any atom is 0.243 e. The van der Waals surface area contributed by atoms with E-state index in [-0.39, 0.29) is 39.4 Å². The van der Waals surface area contributed by atoms with Crippen LogP contribution in [0.4, 0.5) is 0 Å². The first-order chi connectivity index (χ1) is 17.5. The monoisotopic (exact) mass is 598 g/mol. The molecule has 1 aliphatic rings. The van der Waals surface area contributed by atoms with E-state index in [2.05, 4.69) is 5.32 Å². The number of sulfonamides is 1. The van der Waals surface area contributed by atoms with E-state index in [0.717, 1.165) is 11.1 Å². The van der Waals surface area contributed by atoms with Crippen LogP contribution in [-0.2, 0) is 21.2 Å². The fourth-order valence-corrected chi connectivity index (χ4v) is 7.33. The molecule has 1 heterocycles. The first kappa shape index (κ1) is 28.2. The Bertz CT molecular complexity index is 1350. The number of nitrogens with one attached hydrogen (secondary N) is 1. The lowest BCUT2D eigenvalue weighted by Crippen LogP contribution is -2.49. The zero-order chi connectivity index (χ0) is 26.7. The van der Waals surface area contributed by atoms with Gasteiger partial charge >= 0.3 is 0 Å². The van der Waals surface area contributed by atoms with E-state index in [9.17, 15) is 13.2 Å². The second-order valence-electron chi connectivity index (χ2n) is 9.16. The van der Waals surface area contributed by atoms with Gasteiger partial charge in [0, 0.05) is 38.6 Å². The average Bonchev–Trinajstić information content (AvgIpc) is 3.35. The van der Waals surface area contributed by atoms with Crippen LogP contribution >= 0.6 is 46.4 Å². The van der Waals surface area contributed by atoms with Crippen molar-refractivity contribution in [3.63, 3.8) is 0 Å². The van der Waals surface area contributed by atoms with Gasteiger partial charge in [0.15, 0.2) is 0 Å². The lowest BCUT2D eigenvalue weighted by Gasteiger charge is -2.29. The van der Waals surface area contributed by atoms with Gasteiger partial charge in [-0.05, 0) is 79.8 Å². The third kappa shape index (κ3) is 6.80. The second kappa shape index (κ2) is 11.9. The van der Waals surface area contributed by atoms with Crippen molar-refractivity contribution in [1.82, 2.24) is 9.62 Å². The van der Waals surface area contributed by atoms with Crippen molar-refractivity contribution >= 4 is 62.3 Å². The summed E-state index contributed by atoms with van der Waals surface area (Å²) in [5, 5.41) is 4.79. The maximum atomic E-state index is 13.5. The van der Waals surface area contributed by atoms with Gasteiger partial charge in [0.25, 0.3) is 0 Å². The zero-order valence-electron chi connectivity index (χ0n) is 20.0. The Hall–Kier alpha value is -1.80. The summed E-state index contributed by atoms with van der Waals surface area (Å²) in [5.41, 5.74) is 2.07. The molecule has 0 bridgehead atoms. The molecule has 196 valence electrons. The van der Waals surface area contributed by atoms with Crippen LogP contribution in [0.3, 0.4) is 0 Å². The SMILES string of the molecule is CC(NC(=O)C1CCCN1S(=O)(=O)c1cc(Cl)cc(Cl)c1)C(Cc1ccc(Cl)cc1)c1ccc(Cl)cc1. The number of rotatable bonds is 8. The van der Waals surface area contributed by atoms with E-state index < -0.39 is 16.1 Å². The van der Waals surface area contributed by atoms with Crippen molar-refractivity contribution in [2.45, 2.75) is 49.1 Å². The first-order valence-electron chi connectivity index (χ1n) is 11.8. The highest BCUT2D eigenvalue weighted by Crippen LogP contribution is 2.31. The quantitative estimate of drug-likeness (QED) is 0.303. The van der Waals surface area contributed by atoms with Crippen LogP contribution in [0.1, 0.15) is 36.8 Å². The summed E-state index contributed by atoms with van der Waals surface area (Å²) < 4.78 is 28.0. The molecule has 3 aromatic carbocycles. The van der Waals surface area contributed by atoms with Crippen LogP contribution < -0.4 is 5.32 Å². The highest BCUT2D eigenvalue weighted by Gasteiger charge is 2.40. The molecule has 1 fully saturated rings. The van der Waals surface area contributed by atoms with Crippen LogP contribution in [0.15, 0.2) is 71.6 Å². The third-order valence-corrected chi connectivity index (χ3v) is 9.42. The van der Waals surface area contributed by atoms with Crippen molar-refractivity contribution < 1.29 is 13.2 Å². The summed E-state index contributed by atoms with van der Waals surface area (Å²) >= 11 is 24.3. The minimum Gasteiger partial charge on any atom is -0.352 e. The molecular formula is C27H26Cl4N2O3S. The van der Waals surface area contributed by atoms with Gasteiger partial charge in [-0.2, -0.15) is 4.31 Å². The van der Waals surface area contributed by atoms with Crippen LogP contribution in [0.25, 0.3) is 0 Å². The summed E-state index contributed by atoms with van der Waals surface area (Å²) in [5.74, 6) is -0.419. The van der Waals surface area contributed by atoms with Gasteiger partial charge in [0.05, 0.1) is 4.90 Å². The predicted molar refractivity (Wildman–Crippen MR) is 150 cm³/mol. The fourth-order valence-electron chi connectivity index (χ4n) is 4.69. The minimum absolute atomic E-state index is 0.0282. The number of hydrogen-bond acceptors (Lipinski definition) is 3. The van der Waals surface area contributed by atoms with E-state index in [1.54, 1.807) is 0 Å². The molecule has 4 rings (SSSR count). The maximum absolute atomic E-state index is 13.5. The average molecular weight is 600 g/mol. The topological polar surface area (TPSA) is 66.5 Å². The molecule has 1 amide bonds. The molecule has 0 radical (unpaired) electrons. The molecule has 1 N–H and O–H groups in total. The first-order valence-corrected chi connectivity index (χ1v) is 14.8. The van der Waals surface area contributed by atoms with Crippen molar-refractivity contribution in [1.29, 1.82) is 0 Å². The van der Waals surface area contributed by atoms with Crippen LogP contribution in [0.5, 0.6) is 0 Å². The molecule has 3 aromatic rings. The van der Waals surface area contributed by atoms with Crippen molar-refractivity contribution in [2.75, 3.05) is 6.54 Å². The number of hydrogen-bond donors (Lipinski definition) is 1. The Kier molecular flexibility index (Phi) is 9.10. The summed E-state index contributed by atoms with van der Waals surface area (Å²) in [7, 11) is -3.97. The third-order valence-electron chi connectivity index (χ3n) is 6.59. The Morgan fingerprint density at radius 1 is 0.919 bits per heavy atom. The molecule has 0 aromatic heterocycles. The van der Waals surface area contributed by atoms with Crippen LogP contribution in [0, 0.1) is 0 Å². The van der Waals surface area contributed by atoms with E-state index in [1.165, 1.54) is 22.5 Å². The number of benzene rings is 3. The molecule has 1 aliphatic heterocycles. The van der Waals surface area contributed by atoms with E-state index >= 15 is 0 Å². The molecule has 0 spiro atoms. The van der Waals surface area contributed by atoms with Crippen molar-refractivity contribution in [3.05, 3.63) is 97.9 Å². The summed E-state index contributed by atoms with van der Waals surface area (Å²) in [6.45, 7) is 2.17. The van der Waals surface area contributed by atoms with Crippen LogP contribution in [0.2, 0.25) is 20.1 Å². The molecule has 3 unspecified atom stereocenters. The Balaban J connectivity index is 1.56. The number of halogens is 4. The smallest absolute Gasteiger partial charge is 0.243 e. The fraction of sp³-hybridized carbons (Fsp3) is 0.296. The summed E-state index contributed by atoms with van der Waals surface area (Å²) in [4.78, 5) is 13.4. The number of amides is 1. The lowest BCUT2D eigenvalue weighted by molar-refractivity contribution is -0.125. The summed E-state index contributed by atoms with van der Waals surface area (Å²) in [6, 6.07) is 18.2. The van der Waals surface area contributed by atoms with Gasteiger partial charge in [0.2, 0.25) is 15.9 Å². The van der Waals surface area contributed by atoms with Gasteiger partial charge < -0.3 is 5.32 Å². The molecule has 5 nitrogen and oxygen atoms in total. The number of nitrogens with zero attached hydrogens (tertiary/aromatic N) is 1. The zero-order valence-corrected chi connectivity index (χ0v) is 23.8.